The van der Waals surface area contributed by atoms with Gasteiger partial charge in [-0.25, -0.2) is 9.97 Å². The van der Waals surface area contributed by atoms with Gasteiger partial charge >= 0.3 is 0 Å². The number of aryl methyl sites for hydroxylation is 1. The first kappa shape index (κ1) is 20.4. The quantitative estimate of drug-likeness (QED) is 0.779. The second-order valence-electron chi connectivity index (χ2n) is 7.75. The third-order valence-corrected chi connectivity index (χ3v) is 5.77. The molecule has 0 spiro atoms. The van der Waals surface area contributed by atoms with Gasteiger partial charge in [0.1, 0.15) is 17.7 Å². The molecule has 30 heavy (non-hydrogen) atoms. The molecular weight excluding hydrogens is 384 g/mol. The van der Waals surface area contributed by atoms with E-state index in [0.717, 1.165) is 43.1 Å². The molecule has 2 aromatic rings. The number of carbonyl (C=O) groups is 1. The van der Waals surface area contributed by atoms with Crippen LogP contribution in [-0.2, 0) is 0 Å². The Hall–Kier alpha value is -2.87. The van der Waals surface area contributed by atoms with Gasteiger partial charge in [0.2, 0.25) is 5.88 Å². The largest absolute Gasteiger partial charge is 0.489 e. The number of aliphatic hydroxyl groups excluding tert-OH is 1. The number of nitrogens with zero attached hydrogens (tertiary/aromatic N) is 4. The van der Waals surface area contributed by atoms with Gasteiger partial charge in [0, 0.05) is 39.0 Å². The number of aromatic nitrogens is 2. The van der Waals surface area contributed by atoms with Crippen LogP contribution in [0.5, 0.6) is 11.6 Å². The Morgan fingerprint density at radius 1 is 1.27 bits per heavy atom. The van der Waals surface area contributed by atoms with Crippen molar-refractivity contribution in [1.29, 1.82) is 0 Å². The molecule has 0 aromatic carbocycles. The number of fused-ring (bicyclic) bond motifs is 1. The molecule has 1 N–H and O–H groups in total. The fourth-order valence-electron chi connectivity index (χ4n) is 4.13. The Morgan fingerprint density at radius 3 is 2.67 bits per heavy atom. The summed E-state index contributed by atoms with van der Waals surface area (Å²) in [6.45, 7) is 6.00. The molecule has 8 nitrogen and oxygen atoms in total. The number of aliphatic hydroxyl groups is 1. The number of carbonyl (C=O) groups excluding carboxylic acids is 1. The van der Waals surface area contributed by atoms with Gasteiger partial charge in [-0.3, -0.25) is 4.79 Å². The number of likely N-dealkylation sites (N-methyl/N-ethyl adjacent to an activating group) is 1. The fraction of sp³-hybridized carbons (Fsp3) is 0.500. The van der Waals surface area contributed by atoms with Crippen molar-refractivity contribution in [3.63, 3.8) is 0 Å². The van der Waals surface area contributed by atoms with E-state index in [2.05, 4.69) is 9.88 Å². The minimum absolute atomic E-state index is 0.0812. The van der Waals surface area contributed by atoms with Gasteiger partial charge in [-0.1, -0.05) is 0 Å². The van der Waals surface area contributed by atoms with Crippen LogP contribution in [0.4, 0.5) is 5.82 Å². The monoisotopic (exact) mass is 412 g/mol. The van der Waals surface area contributed by atoms with E-state index in [1.54, 1.807) is 18.1 Å². The van der Waals surface area contributed by atoms with E-state index in [1.165, 1.54) is 0 Å². The Labute approximate surface area is 176 Å². The summed E-state index contributed by atoms with van der Waals surface area (Å²) in [6.07, 6.45) is 3.56. The third-order valence-electron chi connectivity index (χ3n) is 5.77. The molecule has 2 aromatic heterocycles. The van der Waals surface area contributed by atoms with Crippen molar-refractivity contribution in [3.05, 3.63) is 41.2 Å². The van der Waals surface area contributed by atoms with E-state index in [4.69, 9.17) is 14.5 Å². The second kappa shape index (κ2) is 8.47. The lowest BCUT2D eigenvalue weighted by Gasteiger charge is -2.34. The van der Waals surface area contributed by atoms with Gasteiger partial charge in [-0.2, -0.15) is 0 Å². The van der Waals surface area contributed by atoms with Crippen molar-refractivity contribution in [1.82, 2.24) is 14.9 Å². The van der Waals surface area contributed by atoms with Crippen LogP contribution in [0.3, 0.4) is 0 Å². The first-order chi connectivity index (χ1) is 14.5. The highest BCUT2D eigenvalue weighted by atomic mass is 16.5. The number of ether oxygens (including phenoxy) is 2. The molecule has 1 saturated heterocycles. The van der Waals surface area contributed by atoms with Crippen LogP contribution in [0.25, 0.3) is 0 Å². The average Bonchev–Trinajstić information content (AvgIpc) is 2.99. The van der Waals surface area contributed by atoms with Gasteiger partial charge in [-0.15, -0.1) is 0 Å². The van der Waals surface area contributed by atoms with Crippen LogP contribution < -0.4 is 14.4 Å². The predicted octanol–water partition coefficient (Wildman–Crippen LogP) is 2.35. The zero-order valence-corrected chi connectivity index (χ0v) is 17.7. The van der Waals surface area contributed by atoms with Crippen molar-refractivity contribution in [3.8, 4) is 11.6 Å². The lowest BCUT2D eigenvalue weighted by molar-refractivity contribution is 0.0715. The van der Waals surface area contributed by atoms with E-state index in [9.17, 15) is 9.90 Å². The molecule has 1 atom stereocenters. The summed E-state index contributed by atoms with van der Waals surface area (Å²) in [5, 5.41) is 9.72. The van der Waals surface area contributed by atoms with E-state index >= 15 is 0 Å². The molecule has 0 aliphatic carbocycles. The molecule has 0 unspecified atom stereocenters. The molecule has 160 valence electrons. The van der Waals surface area contributed by atoms with Crippen molar-refractivity contribution in [2.45, 2.75) is 38.8 Å². The number of anilines is 1. The van der Waals surface area contributed by atoms with Crippen LogP contribution in [0.2, 0.25) is 0 Å². The highest BCUT2D eigenvalue weighted by Crippen LogP contribution is 2.34. The Bertz CT molecular complexity index is 910. The SMILES string of the molecule is CCOc1ccc(OC2CCN(c3nc4c(cc3C)C(=O)N(C)[C@@H]4CO)CC2)cn1. The molecule has 0 bridgehead atoms. The van der Waals surface area contributed by atoms with Crippen molar-refractivity contribution >= 4 is 11.7 Å². The lowest BCUT2D eigenvalue weighted by Crippen LogP contribution is -2.39. The van der Waals surface area contributed by atoms with Crippen LogP contribution in [0.1, 0.15) is 47.4 Å². The Morgan fingerprint density at radius 2 is 2.03 bits per heavy atom. The molecule has 0 radical (unpaired) electrons. The van der Waals surface area contributed by atoms with E-state index in [1.807, 2.05) is 32.0 Å². The summed E-state index contributed by atoms with van der Waals surface area (Å²) in [7, 11) is 1.71. The molecule has 0 saturated carbocycles. The minimum Gasteiger partial charge on any atom is -0.489 e. The van der Waals surface area contributed by atoms with Crippen molar-refractivity contribution < 1.29 is 19.4 Å². The van der Waals surface area contributed by atoms with Gasteiger partial charge in [0.15, 0.2) is 0 Å². The zero-order valence-electron chi connectivity index (χ0n) is 17.7. The van der Waals surface area contributed by atoms with Gasteiger partial charge in [-0.05, 0) is 31.5 Å². The fourth-order valence-corrected chi connectivity index (χ4v) is 4.13. The zero-order chi connectivity index (χ0) is 21.3. The molecule has 2 aliphatic heterocycles. The first-order valence-electron chi connectivity index (χ1n) is 10.4. The van der Waals surface area contributed by atoms with Crippen LogP contribution in [-0.4, -0.2) is 65.3 Å². The summed E-state index contributed by atoms with van der Waals surface area (Å²) in [4.78, 5) is 25.3. The number of rotatable bonds is 6. The molecule has 8 heteroatoms. The second-order valence-corrected chi connectivity index (χ2v) is 7.75. The van der Waals surface area contributed by atoms with Crippen molar-refractivity contribution in [2.24, 2.45) is 0 Å². The predicted molar refractivity (Wildman–Crippen MR) is 112 cm³/mol. The highest BCUT2D eigenvalue weighted by molar-refractivity contribution is 5.99. The minimum atomic E-state index is -0.375. The van der Waals surface area contributed by atoms with Gasteiger partial charge in [0.05, 0.1) is 36.7 Å². The smallest absolute Gasteiger partial charge is 0.256 e. The molecule has 4 heterocycles. The average molecular weight is 412 g/mol. The maximum absolute atomic E-state index is 12.4. The summed E-state index contributed by atoms with van der Waals surface area (Å²) in [5.74, 6) is 2.15. The van der Waals surface area contributed by atoms with E-state index in [0.29, 0.717) is 23.7 Å². The lowest BCUT2D eigenvalue weighted by atomic mass is 10.1. The summed E-state index contributed by atoms with van der Waals surface area (Å²) < 4.78 is 11.5. The van der Waals surface area contributed by atoms with Crippen molar-refractivity contribution in [2.75, 3.05) is 38.3 Å². The summed E-state index contributed by atoms with van der Waals surface area (Å²) in [5.41, 5.74) is 2.24. The van der Waals surface area contributed by atoms with Gasteiger partial charge in [0.25, 0.3) is 5.91 Å². The Balaban J connectivity index is 1.42. The van der Waals surface area contributed by atoms with Crippen LogP contribution in [0, 0.1) is 6.92 Å². The number of hydrogen-bond acceptors (Lipinski definition) is 7. The molecule has 1 fully saturated rings. The third kappa shape index (κ3) is 3.79. The van der Waals surface area contributed by atoms with Crippen LogP contribution in [0.15, 0.2) is 24.4 Å². The molecule has 1 amide bonds. The number of pyridine rings is 2. The summed E-state index contributed by atoms with van der Waals surface area (Å²) in [6, 6.07) is 5.24. The molecular formula is C22H28N4O4. The van der Waals surface area contributed by atoms with E-state index in [-0.39, 0.29) is 24.7 Å². The maximum Gasteiger partial charge on any atom is 0.256 e. The van der Waals surface area contributed by atoms with Gasteiger partial charge < -0.3 is 24.4 Å². The standard InChI is InChI=1S/C22H28N4O4/c1-4-29-19-6-5-16(12-23-19)30-15-7-9-26(10-8-15)21-14(2)11-17-20(24-21)18(13-27)25(3)22(17)28/h5-6,11-12,15,18,27H,4,7-10,13H2,1-3H3/t18-/m1/s1. The number of piperidine rings is 1. The maximum atomic E-state index is 12.4. The number of amides is 1. The normalized spacial score (nSPS) is 19.2. The Kier molecular flexibility index (Phi) is 5.76. The highest BCUT2D eigenvalue weighted by Gasteiger charge is 2.36. The first-order valence-corrected chi connectivity index (χ1v) is 10.4. The molecule has 2 aliphatic rings. The summed E-state index contributed by atoms with van der Waals surface area (Å²) >= 11 is 0. The van der Waals surface area contributed by atoms with Crippen LogP contribution >= 0.6 is 0 Å². The number of hydrogen-bond donors (Lipinski definition) is 1. The van der Waals surface area contributed by atoms with E-state index < -0.39 is 0 Å². The topological polar surface area (TPSA) is 88.0 Å². The molecule has 4 rings (SSSR count).